The topological polar surface area (TPSA) is 32.3 Å². The first-order valence-electron chi connectivity index (χ1n) is 5.86. The zero-order chi connectivity index (χ0) is 14.2. The van der Waals surface area contributed by atoms with E-state index in [9.17, 15) is 22.0 Å². The van der Waals surface area contributed by atoms with Crippen LogP contribution in [-0.2, 0) is 0 Å². The highest BCUT2D eigenvalue weighted by atomic mass is 19.2. The highest BCUT2D eigenvalue weighted by Crippen LogP contribution is 2.32. The molecule has 1 aliphatic carbocycles. The fourth-order valence-electron chi connectivity index (χ4n) is 2.36. The van der Waals surface area contributed by atoms with E-state index in [1.54, 1.807) is 0 Å². The number of rotatable bonds is 3. The van der Waals surface area contributed by atoms with Gasteiger partial charge in [0.15, 0.2) is 23.3 Å². The highest BCUT2D eigenvalue weighted by Gasteiger charge is 2.31. The molecule has 0 amide bonds. The second-order valence-electron chi connectivity index (χ2n) is 4.57. The van der Waals surface area contributed by atoms with Crippen molar-refractivity contribution in [2.75, 3.05) is 11.9 Å². The Morgan fingerprint density at radius 2 is 1.42 bits per heavy atom. The standard InChI is InChI=1S/C12H12F5NO/c13-7-8(14)10(16)12(11(17)9(7)15)18-6-3-1-2-5(6)4-19/h5-6,18-19H,1-4H2. The predicted octanol–water partition coefficient (Wildman–Crippen LogP) is 2.96. The van der Waals surface area contributed by atoms with Crippen LogP contribution in [0.1, 0.15) is 19.3 Å². The minimum atomic E-state index is -2.18. The second kappa shape index (κ2) is 5.32. The van der Waals surface area contributed by atoms with Crippen molar-refractivity contribution >= 4 is 5.69 Å². The van der Waals surface area contributed by atoms with Gasteiger partial charge in [-0.3, -0.25) is 0 Å². The zero-order valence-corrected chi connectivity index (χ0v) is 9.82. The van der Waals surface area contributed by atoms with Crippen LogP contribution in [0, 0.1) is 35.0 Å². The molecule has 0 bridgehead atoms. The Kier molecular flexibility index (Phi) is 3.93. The first kappa shape index (κ1) is 14.0. The Balaban J connectivity index is 2.35. The summed E-state index contributed by atoms with van der Waals surface area (Å²) in [6.07, 6.45) is 1.87. The molecule has 1 saturated carbocycles. The van der Waals surface area contributed by atoms with E-state index in [1.165, 1.54) is 0 Å². The molecular formula is C12H12F5NO. The first-order valence-corrected chi connectivity index (χ1v) is 5.86. The molecule has 2 unspecified atom stereocenters. The summed E-state index contributed by atoms with van der Waals surface area (Å²) < 4.78 is 65.8. The lowest BCUT2D eigenvalue weighted by atomic mass is 10.0. The Morgan fingerprint density at radius 3 is 1.95 bits per heavy atom. The fraction of sp³-hybridized carbons (Fsp3) is 0.500. The Labute approximate surface area is 106 Å². The molecule has 0 heterocycles. The lowest BCUT2D eigenvalue weighted by molar-refractivity contribution is 0.222. The SMILES string of the molecule is OCC1CCCC1Nc1c(F)c(F)c(F)c(F)c1F. The molecular weight excluding hydrogens is 269 g/mol. The van der Waals surface area contributed by atoms with Gasteiger partial charge in [0.25, 0.3) is 0 Å². The van der Waals surface area contributed by atoms with Crippen LogP contribution in [0.4, 0.5) is 27.6 Å². The third kappa shape index (κ3) is 2.39. The maximum absolute atomic E-state index is 13.4. The number of benzene rings is 1. The second-order valence-corrected chi connectivity index (χ2v) is 4.57. The van der Waals surface area contributed by atoms with Crippen LogP contribution in [0.15, 0.2) is 0 Å². The van der Waals surface area contributed by atoms with Gasteiger partial charge in [0.05, 0.1) is 0 Å². The van der Waals surface area contributed by atoms with Gasteiger partial charge >= 0.3 is 0 Å². The molecule has 2 atom stereocenters. The largest absolute Gasteiger partial charge is 0.396 e. The summed E-state index contributed by atoms with van der Waals surface area (Å²) in [6, 6.07) is -0.502. The van der Waals surface area contributed by atoms with E-state index in [0.717, 1.165) is 6.42 Å². The van der Waals surface area contributed by atoms with Crippen LogP contribution in [0.2, 0.25) is 0 Å². The summed E-state index contributed by atoms with van der Waals surface area (Å²) >= 11 is 0. The number of aliphatic hydroxyl groups excluding tert-OH is 1. The maximum Gasteiger partial charge on any atom is 0.200 e. The van der Waals surface area contributed by atoms with Crippen LogP contribution in [-0.4, -0.2) is 17.8 Å². The van der Waals surface area contributed by atoms with E-state index in [2.05, 4.69) is 5.32 Å². The summed E-state index contributed by atoms with van der Waals surface area (Å²) in [5, 5.41) is 11.4. The van der Waals surface area contributed by atoms with Gasteiger partial charge in [0.1, 0.15) is 5.69 Å². The van der Waals surface area contributed by atoms with Gasteiger partial charge in [0.2, 0.25) is 5.82 Å². The van der Waals surface area contributed by atoms with Gasteiger partial charge in [-0.1, -0.05) is 6.42 Å². The molecule has 0 saturated heterocycles. The summed E-state index contributed by atoms with van der Waals surface area (Å²) in [4.78, 5) is 0. The first-order chi connectivity index (χ1) is 8.97. The van der Waals surface area contributed by atoms with E-state index in [0.29, 0.717) is 12.8 Å². The average molecular weight is 281 g/mol. The van der Waals surface area contributed by atoms with Gasteiger partial charge in [0, 0.05) is 18.6 Å². The van der Waals surface area contributed by atoms with Gasteiger partial charge in [-0.2, -0.15) is 0 Å². The summed E-state index contributed by atoms with van der Waals surface area (Å²) in [5.41, 5.74) is -1.03. The quantitative estimate of drug-likeness (QED) is 0.507. The molecule has 0 aliphatic heterocycles. The maximum atomic E-state index is 13.4. The van der Waals surface area contributed by atoms with Crippen molar-refractivity contribution < 1.29 is 27.1 Å². The van der Waals surface area contributed by atoms with Crippen molar-refractivity contribution in [1.82, 2.24) is 0 Å². The number of aliphatic hydroxyl groups is 1. The monoisotopic (exact) mass is 281 g/mol. The molecule has 7 heteroatoms. The van der Waals surface area contributed by atoms with Crippen molar-refractivity contribution in [2.24, 2.45) is 5.92 Å². The van der Waals surface area contributed by atoms with Crippen LogP contribution in [0.5, 0.6) is 0 Å². The summed E-state index contributed by atoms with van der Waals surface area (Å²) in [6.45, 7) is -0.201. The van der Waals surface area contributed by atoms with Gasteiger partial charge in [-0.25, -0.2) is 22.0 Å². The number of hydrogen-bond donors (Lipinski definition) is 2. The van der Waals surface area contributed by atoms with Gasteiger partial charge in [-0.05, 0) is 12.8 Å². The molecule has 2 rings (SSSR count). The lowest BCUT2D eigenvalue weighted by Crippen LogP contribution is -2.28. The molecule has 0 radical (unpaired) electrons. The molecule has 0 spiro atoms. The minimum Gasteiger partial charge on any atom is -0.396 e. The smallest absolute Gasteiger partial charge is 0.200 e. The van der Waals surface area contributed by atoms with Crippen molar-refractivity contribution in [3.05, 3.63) is 29.1 Å². The third-order valence-electron chi connectivity index (χ3n) is 3.43. The van der Waals surface area contributed by atoms with Crippen molar-refractivity contribution in [3.63, 3.8) is 0 Å². The molecule has 0 aromatic heterocycles. The van der Waals surface area contributed by atoms with E-state index in [4.69, 9.17) is 5.11 Å². The van der Waals surface area contributed by atoms with E-state index in [-0.39, 0.29) is 12.5 Å². The number of anilines is 1. The minimum absolute atomic E-state index is 0.201. The Morgan fingerprint density at radius 1 is 0.895 bits per heavy atom. The van der Waals surface area contributed by atoms with Crippen LogP contribution >= 0.6 is 0 Å². The third-order valence-corrected chi connectivity index (χ3v) is 3.43. The Bertz CT molecular complexity index is 464. The molecule has 19 heavy (non-hydrogen) atoms. The summed E-state index contributed by atoms with van der Waals surface area (Å²) in [7, 11) is 0. The van der Waals surface area contributed by atoms with Gasteiger partial charge < -0.3 is 10.4 Å². The van der Waals surface area contributed by atoms with Crippen LogP contribution in [0.25, 0.3) is 0 Å². The molecule has 1 aromatic rings. The average Bonchev–Trinajstić information content (AvgIpc) is 2.86. The van der Waals surface area contributed by atoms with Crippen molar-refractivity contribution in [2.45, 2.75) is 25.3 Å². The molecule has 2 N–H and O–H groups in total. The van der Waals surface area contributed by atoms with E-state index < -0.39 is 40.8 Å². The van der Waals surface area contributed by atoms with Crippen LogP contribution in [0.3, 0.4) is 0 Å². The van der Waals surface area contributed by atoms with Crippen molar-refractivity contribution in [3.8, 4) is 0 Å². The number of hydrogen-bond acceptors (Lipinski definition) is 2. The fourth-order valence-corrected chi connectivity index (χ4v) is 2.36. The summed E-state index contributed by atoms with van der Waals surface area (Å²) in [5.74, 6) is -10.1. The number of halogens is 5. The van der Waals surface area contributed by atoms with E-state index >= 15 is 0 Å². The molecule has 2 nitrogen and oxygen atoms in total. The molecule has 1 fully saturated rings. The van der Waals surface area contributed by atoms with E-state index in [1.807, 2.05) is 0 Å². The van der Waals surface area contributed by atoms with Crippen LogP contribution < -0.4 is 5.32 Å². The van der Waals surface area contributed by atoms with Gasteiger partial charge in [-0.15, -0.1) is 0 Å². The molecule has 1 aromatic carbocycles. The predicted molar refractivity (Wildman–Crippen MR) is 58.1 cm³/mol. The lowest BCUT2D eigenvalue weighted by Gasteiger charge is -2.21. The normalized spacial score (nSPS) is 22.8. The Hall–Kier alpha value is -1.37. The molecule has 106 valence electrons. The highest BCUT2D eigenvalue weighted by molar-refractivity contribution is 5.48. The number of nitrogens with one attached hydrogen (secondary N) is 1. The molecule has 1 aliphatic rings. The zero-order valence-electron chi connectivity index (χ0n) is 9.82. The van der Waals surface area contributed by atoms with Crippen molar-refractivity contribution in [1.29, 1.82) is 0 Å².